The van der Waals surface area contributed by atoms with Crippen molar-refractivity contribution in [3.05, 3.63) is 71.8 Å². The molecule has 2 aromatic rings. The van der Waals surface area contributed by atoms with E-state index in [1.807, 2.05) is 60.7 Å². The quantitative estimate of drug-likeness (QED) is 0.243. The Morgan fingerprint density at radius 2 is 1.44 bits per heavy atom. The van der Waals surface area contributed by atoms with Crippen LogP contribution in [-0.4, -0.2) is 41.8 Å². The van der Waals surface area contributed by atoms with Crippen LogP contribution in [0.3, 0.4) is 0 Å². The number of rotatable bonds is 10. The lowest BCUT2D eigenvalue weighted by Crippen LogP contribution is -2.53. The van der Waals surface area contributed by atoms with E-state index in [-0.39, 0.29) is 31.8 Å². The summed E-state index contributed by atoms with van der Waals surface area (Å²) in [5, 5.41) is 10.8. The molecule has 182 valence electrons. The van der Waals surface area contributed by atoms with E-state index in [4.69, 9.17) is 19.2 Å². The van der Waals surface area contributed by atoms with Crippen LogP contribution in [0, 0.1) is 5.92 Å². The van der Waals surface area contributed by atoms with Crippen molar-refractivity contribution >= 4 is 17.7 Å². The highest BCUT2D eigenvalue weighted by Crippen LogP contribution is 2.47. The highest BCUT2D eigenvalue weighted by Gasteiger charge is 2.54. The van der Waals surface area contributed by atoms with Gasteiger partial charge in [-0.1, -0.05) is 60.7 Å². The standard InChI is InChI=1S/C26H30O8/c1-19(27)17-23(28)31-15-9-10-16-32-24(29)22-18-26(34-33-25(22,2)30,20-11-5-3-6-12-20)21-13-7-4-8-14-21/h3-8,11-14,22,30H,9-10,15-18H2,1-2H3. The first-order chi connectivity index (χ1) is 16.2. The molecule has 2 atom stereocenters. The van der Waals surface area contributed by atoms with E-state index in [9.17, 15) is 19.5 Å². The van der Waals surface area contributed by atoms with Crippen molar-refractivity contribution in [1.82, 2.24) is 0 Å². The zero-order valence-electron chi connectivity index (χ0n) is 19.4. The second kappa shape index (κ2) is 11.4. The van der Waals surface area contributed by atoms with E-state index >= 15 is 0 Å². The Kier molecular flexibility index (Phi) is 8.55. The first-order valence-electron chi connectivity index (χ1n) is 11.3. The van der Waals surface area contributed by atoms with Crippen LogP contribution in [-0.2, 0) is 39.2 Å². The van der Waals surface area contributed by atoms with Gasteiger partial charge in [-0.25, -0.2) is 4.89 Å². The zero-order chi connectivity index (χ0) is 24.6. The van der Waals surface area contributed by atoms with Crippen molar-refractivity contribution in [2.75, 3.05) is 13.2 Å². The number of hydrogen-bond acceptors (Lipinski definition) is 8. The fraction of sp³-hybridized carbons (Fsp3) is 0.423. The summed E-state index contributed by atoms with van der Waals surface area (Å²) >= 11 is 0. The van der Waals surface area contributed by atoms with Crippen LogP contribution >= 0.6 is 0 Å². The Morgan fingerprint density at radius 1 is 0.912 bits per heavy atom. The maximum Gasteiger partial charge on any atom is 0.314 e. The summed E-state index contributed by atoms with van der Waals surface area (Å²) in [6.45, 7) is 2.90. The molecule has 34 heavy (non-hydrogen) atoms. The van der Waals surface area contributed by atoms with Crippen LogP contribution in [0.25, 0.3) is 0 Å². The highest BCUT2D eigenvalue weighted by atomic mass is 17.2. The fourth-order valence-corrected chi connectivity index (χ4v) is 3.86. The van der Waals surface area contributed by atoms with Crippen molar-refractivity contribution in [2.24, 2.45) is 5.92 Å². The number of ketones is 1. The summed E-state index contributed by atoms with van der Waals surface area (Å²) in [5.41, 5.74) is 0.447. The summed E-state index contributed by atoms with van der Waals surface area (Å²) in [5.74, 6) is -4.34. The minimum absolute atomic E-state index is 0.0835. The number of aliphatic hydroxyl groups is 1. The van der Waals surface area contributed by atoms with E-state index < -0.39 is 29.2 Å². The first kappa shape index (κ1) is 25.6. The summed E-state index contributed by atoms with van der Waals surface area (Å²) in [4.78, 5) is 46.5. The molecule has 0 spiro atoms. The van der Waals surface area contributed by atoms with E-state index in [2.05, 4.69) is 0 Å². The van der Waals surface area contributed by atoms with Gasteiger partial charge in [0.2, 0.25) is 5.79 Å². The molecule has 0 aromatic heterocycles. The third kappa shape index (κ3) is 6.28. The molecule has 1 heterocycles. The molecule has 1 aliphatic rings. The number of esters is 2. The molecule has 0 saturated carbocycles. The second-order valence-corrected chi connectivity index (χ2v) is 8.51. The lowest BCUT2D eigenvalue weighted by molar-refractivity contribution is -0.489. The number of unbranched alkanes of at least 4 members (excludes halogenated alkanes) is 1. The van der Waals surface area contributed by atoms with Crippen molar-refractivity contribution in [3.8, 4) is 0 Å². The van der Waals surface area contributed by atoms with Gasteiger partial charge in [-0.2, -0.15) is 4.89 Å². The zero-order valence-corrected chi connectivity index (χ0v) is 19.4. The third-order valence-corrected chi connectivity index (χ3v) is 5.69. The van der Waals surface area contributed by atoms with E-state index in [1.165, 1.54) is 13.8 Å². The van der Waals surface area contributed by atoms with Gasteiger partial charge in [-0.15, -0.1) is 0 Å². The average Bonchev–Trinajstić information content (AvgIpc) is 2.82. The number of ether oxygens (including phenoxy) is 2. The number of carbonyl (C=O) groups is 3. The van der Waals surface area contributed by atoms with Gasteiger partial charge in [-0.05, 0) is 37.8 Å². The van der Waals surface area contributed by atoms with E-state index in [0.717, 1.165) is 11.1 Å². The molecule has 1 aliphatic heterocycles. The second-order valence-electron chi connectivity index (χ2n) is 8.51. The minimum Gasteiger partial charge on any atom is -0.465 e. The number of Topliss-reactive ketones (excluding diaryl/α,β-unsaturated/α-hetero) is 1. The number of benzene rings is 2. The molecule has 1 fully saturated rings. The van der Waals surface area contributed by atoms with Gasteiger partial charge in [0.1, 0.15) is 18.1 Å². The maximum absolute atomic E-state index is 13.0. The van der Waals surface area contributed by atoms with Crippen LogP contribution in [0.2, 0.25) is 0 Å². The molecule has 0 radical (unpaired) electrons. The van der Waals surface area contributed by atoms with Gasteiger partial charge in [-0.3, -0.25) is 14.4 Å². The summed E-state index contributed by atoms with van der Waals surface area (Å²) in [6.07, 6.45) is 0.775. The van der Waals surface area contributed by atoms with Gasteiger partial charge in [0.05, 0.1) is 13.2 Å². The molecule has 0 amide bonds. The average molecular weight is 471 g/mol. The lowest BCUT2D eigenvalue weighted by atomic mass is 9.76. The van der Waals surface area contributed by atoms with Crippen molar-refractivity contribution in [3.63, 3.8) is 0 Å². The number of carbonyl (C=O) groups excluding carboxylic acids is 3. The molecule has 0 bridgehead atoms. The number of hydrogen-bond donors (Lipinski definition) is 1. The molecule has 8 heteroatoms. The smallest absolute Gasteiger partial charge is 0.314 e. The van der Waals surface area contributed by atoms with Crippen LogP contribution in [0.5, 0.6) is 0 Å². The summed E-state index contributed by atoms with van der Waals surface area (Å²) in [6, 6.07) is 18.8. The largest absolute Gasteiger partial charge is 0.465 e. The SMILES string of the molecule is CC(=O)CC(=O)OCCCCOC(=O)C1CC(c2ccccc2)(c2ccccc2)OOC1(C)O. The molecule has 1 N–H and O–H groups in total. The highest BCUT2D eigenvalue weighted by molar-refractivity contribution is 5.94. The lowest BCUT2D eigenvalue weighted by Gasteiger charge is -2.45. The summed E-state index contributed by atoms with van der Waals surface area (Å²) < 4.78 is 10.4. The van der Waals surface area contributed by atoms with Crippen LogP contribution < -0.4 is 0 Å². The first-order valence-corrected chi connectivity index (χ1v) is 11.3. The van der Waals surface area contributed by atoms with Crippen molar-refractivity contribution in [2.45, 2.75) is 50.9 Å². The minimum atomic E-state index is -1.88. The van der Waals surface area contributed by atoms with Crippen LogP contribution in [0.1, 0.15) is 50.7 Å². The molecular weight excluding hydrogens is 440 g/mol. The Labute approximate surface area is 198 Å². The predicted molar refractivity (Wildman–Crippen MR) is 121 cm³/mol. The molecule has 2 unspecified atom stereocenters. The van der Waals surface area contributed by atoms with Crippen LogP contribution in [0.4, 0.5) is 0 Å². The van der Waals surface area contributed by atoms with Gasteiger partial charge in [0.15, 0.2) is 5.60 Å². The Bertz CT molecular complexity index is 931. The molecule has 2 aromatic carbocycles. The van der Waals surface area contributed by atoms with E-state index in [1.54, 1.807) is 0 Å². The van der Waals surface area contributed by atoms with Crippen molar-refractivity contribution < 1.29 is 38.7 Å². The van der Waals surface area contributed by atoms with Gasteiger partial charge in [0.25, 0.3) is 0 Å². The monoisotopic (exact) mass is 470 g/mol. The molecule has 0 aliphatic carbocycles. The Balaban J connectivity index is 1.65. The molecule has 1 saturated heterocycles. The topological polar surface area (TPSA) is 108 Å². The maximum atomic E-state index is 13.0. The van der Waals surface area contributed by atoms with Gasteiger partial charge >= 0.3 is 11.9 Å². The predicted octanol–water partition coefficient (Wildman–Crippen LogP) is 3.45. The van der Waals surface area contributed by atoms with E-state index in [0.29, 0.717) is 12.8 Å². The normalized spacial score (nSPS) is 21.4. The Morgan fingerprint density at radius 3 is 1.97 bits per heavy atom. The van der Waals surface area contributed by atoms with Crippen LogP contribution in [0.15, 0.2) is 60.7 Å². The molecule has 3 rings (SSSR count). The molecular formula is C26H30O8. The summed E-state index contributed by atoms with van der Waals surface area (Å²) in [7, 11) is 0. The van der Waals surface area contributed by atoms with Gasteiger partial charge in [0, 0.05) is 6.42 Å². The van der Waals surface area contributed by atoms with Gasteiger partial charge < -0.3 is 14.6 Å². The molecule has 8 nitrogen and oxygen atoms in total. The third-order valence-electron chi connectivity index (χ3n) is 5.69. The van der Waals surface area contributed by atoms with Crippen molar-refractivity contribution in [1.29, 1.82) is 0 Å². The fourth-order valence-electron chi connectivity index (χ4n) is 3.86. The Hall–Kier alpha value is -3.07.